The normalized spacial score (nSPS) is 11.8. The summed E-state index contributed by atoms with van der Waals surface area (Å²) >= 11 is 2.94. The SMILES string of the molecule is O=S(=O)(c1ccccc1)c1sc(-c2ccccc2)c2sccc12. The maximum absolute atomic E-state index is 13.0. The van der Waals surface area contributed by atoms with Crippen LogP contribution in [-0.2, 0) is 9.84 Å². The smallest absolute Gasteiger partial charge is 0.216 e. The first-order valence-corrected chi connectivity index (χ1v) is 10.2. The van der Waals surface area contributed by atoms with E-state index in [9.17, 15) is 8.42 Å². The second kappa shape index (κ2) is 5.60. The summed E-state index contributed by atoms with van der Waals surface area (Å²) in [5, 5.41) is 2.77. The number of thiophene rings is 2. The molecule has 0 saturated heterocycles. The van der Waals surface area contributed by atoms with E-state index in [-0.39, 0.29) is 0 Å². The average Bonchev–Trinajstić information content (AvgIpc) is 3.18. The van der Waals surface area contributed by atoms with Gasteiger partial charge in [0.05, 0.1) is 14.5 Å². The maximum Gasteiger partial charge on any atom is 0.216 e. The largest absolute Gasteiger partial charge is 0.218 e. The highest BCUT2D eigenvalue weighted by molar-refractivity contribution is 7.94. The van der Waals surface area contributed by atoms with Gasteiger partial charge in [-0.3, -0.25) is 0 Å². The highest BCUT2D eigenvalue weighted by Crippen LogP contribution is 2.45. The molecule has 0 amide bonds. The topological polar surface area (TPSA) is 34.1 Å². The summed E-state index contributed by atoms with van der Waals surface area (Å²) in [5.41, 5.74) is 1.06. The zero-order chi connectivity index (χ0) is 15.9. The monoisotopic (exact) mass is 356 g/mol. The minimum Gasteiger partial charge on any atom is -0.218 e. The molecular formula is C18H12O2S3. The van der Waals surface area contributed by atoms with Gasteiger partial charge in [-0.05, 0) is 29.1 Å². The van der Waals surface area contributed by atoms with Crippen molar-refractivity contribution in [3.8, 4) is 10.4 Å². The molecule has 0 spiro atoms. The summed E-state index contributed by atoms with van der Waals surface area (Å²) in [6.07, 6.45) is 0. The van der Waals surface area contributed by atoms with Crippen LogP contribution < -0.4 is 0 Å². The van der Waals surface area contributed by atoms with E-state index < -0.39 is 9.84 Å². The molecule has 0 aliphatic heterocycles. The van der Waals surface area contributed by atoms with Crippen molar-refractivity contribution in [2.24, 2.45) is 0 Å². The van der Waals surface area contributed by atoms with Crippen molar-refractivity contribution < 1.29 is 8.42 Å². The molecule has 4 aromatic rings. The molecule has 4 rings (SSSR count). The van der Waals surface area contributed by atoms with Gasteiger partial charge in [-0.2, -0.15) is 0 Å². The molecule has 0 radical (unpaired) electrons. The Hall–Kier alpha value is -1.95. The lowest BCUT2D eigenvalue weighted by molar-refractivity contribution is 0.599. The minimum absolute atomic E-state index is 0.342. The number of rotatable bonds is 3. The molecule has 0 bridgehead atoms. The molecule has 2 heterocycles. The Kier molecular flexibility index (Phi) is 3.56. The zero-order valence-corrected chi connectivity index (χ0v) is 14.4. The molecule has 5 heteroatoms. The molecule has 0 atom stereocenters. The third kappa shape index (κ3) is 2.41. The van der Waals surface area contributed by atoms with Crippen LogP contribution in [0.3, 0.4) is 0 Å². The fraction of sp³-hybridized carbons (Fsp3) is 0. The van der Waals surface area contributed by atoms with Crippen LogP contribution in [0.2, 0.25) is 0 Å². The third-order valence-corrected chi connectivity index (χ3v) is 8.24. The molecule has 23 heavy (non-hydrogen) atoms. The van der Waals surface area contributed by atoms with E-state index in [1.165, 1.54) is 11.3 Å². The van der Waals surface area contributed by atoms with Crippen molar-refractivity contribution in [1.82, 2.24) is 0 Å². The van der Waals surface area contributed by atoms with Crippen LogP contribution in [0, 0.1) is 0 Å². The van der Waals surface area contributed by atoms with E-state index in [0.717, 1.165) is 20.5 Å². The van der Waals surface area contributed by atoms with Gasteiger partial charge < -0.3 is 0 Å². The Morgan fingerprint density at radius 3 is 2.13 bits per heavy atom. The first kappa shape index (κ1) is 14.6. The van der Waals surface area contributed by atoms with Crippen molar-refractivity contribution in [1.29, 1.82) is 0 Å². The molecular weight excluding hydrogens is 344 g/mol. The molecule has 0 unspecified atom stereocenters. The first-order chi connectivity index (χ1) is 11.2. The van der Waals surface area contributed by atoms with Crippen LogP contribution in [0.15, 0.2) is 81.2 Å². The van der Waals surface area contributed by atoms with Crippen molar-refractivity contribution >= 4 is 42.6 Å². The van der Waals surface area contributed by atoms with E-state index in [4.69, 9.17) is 0 Å². The number of benzene rings is 2. The fourth-order valence-electron chi connectivity index (χ4n) is 2.53. The molecule has 114 valence electrons. The molecule has 0 aliphatic carbocycles. The van der Waals surface area contributed by atoms with Crippen LogP contribution in [0.25, 0.3) is 20.5 Å². The number of fused-ring (bicyclic) bond motifs is 1. The Morgan fingerprint density at radius 2 is 1.43 bits per heavy atom. The van der Waals surface area contributed by atoms with Crippen LogP contribution in [0.4, 0.5) is 0 Å². The summed E-state index contributed by atoms with van der Waals surface area (Å²) in [7, 11) is -3.50. The predicted molar refractivity (Wildman–Crippen MR) is 97.0 cm³/mol. The molecule has 2 aromatic heterocycles. The van der Waals surface area contributed by atoms with Crippen LogP contribution in [-0.4, -0.2) is 8.42 Å². The number of sulfone groups is 1. The predicted octanol–water partition coefficient (Wildman–Crippen LogP) is 5.46. The van der Waals surface area contributed by atoms with E-state index in [1.54, 1.807) is 35.6 Å². The molecule has 0 fully saturated rings. The van der Waals surface area contributed by atoms with Crippen LogP contribution in [0.1, 0.15) is 0 Å². The van der Waals surface area contributed by atoms with E-state index >= 15 is 0 Å². The van der Waals surface area contributed by atoms with Gasteiger partial charge in [0.2, 0.25) is 9.84 Å². The van der Waals surface area contributed by atoms with Crippen molar-refractivity contribution in [2.45, 2.75) is 9.10 Å². The van der Waals surface area contributed by atoms with E-state index in [1.807, 2.05) is 47.8 Å². The van der Waals surface area contributed by atoms with E-state index in [2.05, 4.69) is 0 Å². The molecule has 0 N–H and O–H groups in total. The highest BCUT2D eigenvalue weighted by atomic mass is 32.2. The summed E-state index contributed by atoms with van der Waals surface area (Å²) in [6, 6.07) is 20.5. The van der Waals surface area contributed by atoms with Crippen molar-refractivity contribution in [2.75, 3.05) is 0 Å². The Morgan fingerprint density at radius 1 is 0.783 bits per heavy atom. The lowest BCUT2D eigenvalue weighted by atomic mass is 10.2. The van der Waals surface area contributed by atoms with Gasteiger partial charge >= 0.3 is 0 Å². The zero-order valence-electron chi connectivity index (χ0n) is 12.0. The Balaban J connectivity index is 1.98. The third-order valence-electron chi connectivity index (χ3n) is 3.62. The van der Waals surface area contributed by atoms with Crippen molar-refractivity contribution in [3.05, 3.63) is 72.1 Å². The van der Waals surface area contributed by atoms with Gasteiger partial charge in [0.15, 0.2) is 0 Å². The van der Waals surface area contributed by atoms with Gasteiger partial charge in [0, 0.05) is 5.39 Å². The fourth-order valence-corrected chi connectivity index (χ4v) is 6.88. The Bertz CT molecular complexity index is 1060. The van der Waals surface area contributed by atoms with Gasteiger partial charge in [-0.15, -0.1) is 22.7 Å². The summed E-state index contributed by atoms with van der Waals surface area (Å²) in [6.45, 7) is 0. The molecule has 0 saturated carbocycles. The average molecular weight is 356 g/mol. The lowest BCUT2D eigenvalue weighted by Crippen LogP contribution is -1.99. The molecule has 2 aromatic carbocycles. The van der Waals surface area contributed by atoms with Crippen LogP contribution in [0.5, 0.6) is 0 Å². The quantitative estimate of drug-likeness (QED) is 0.488. The standard InChI is InChI=1S/C18H12O2S3/c19-23(20,14-9-5-2-6-10-14)18-15-11-12-21-17(15)16(22-18)13-7-3-1-4-8-13/h1-12H. The Labute approximate surface area is 142 Å². The minimum atomic E-state index is -3.50. The summed E-state index contributed by atoms with van der Waals surface area (Å²) in [5.74, 6) is 0. The van der Waals surface area contributed by atoms with Gasteiger partial charge in [0.25, 0.3) is 0 Å². The van der Waals surface area contributed by atoms with Gasteiger partial charge in [-0.25, -0.2) is 8.42 Å². The molecule has 2 nitrogen and oxygen atoms in total. The molecule has 0 aliphatic rings. The second-order valence-electron chi connectivity index (χ2n) is 5.06. The highest BCUT2D eigenvalue weighted by Gasteiger charge is 2.25. The number of hydrogen-bond donors (Lipinski definition) is 0. The first-order valence-electron chi connectivity index (χ1n) is 7.03. The van der Waals surface area contributed by atoms with Gasteiger partial charge in [0.1, 0.15) is 4.21 Å². The number of hydrogen-bond acceptors (Lipinski definition) is 4. The van der Waals surface area contributed by atoms with Crippen molar-refractivity contribution in [3.63, 3.8) is 0 Å². The second-order valence-corrected chi connectivity index (χ2v) is 9.15. The summed E-state index contributed by atoms with van der Waals surface area (Å²) in [4.78, 5) is 1.36. The lowest BCUT2D eigenvalue weighted by Gasteiger charge is -2.01. The summed E-state index contributed by atoms with van der Waals surface area (Å²) < 4.78 is 27.5. The van der Waals surface area contributed by atoms with E-state index in [0.29, 0.717) is 9.10 Å². The van der Waals surface area contributed by atoms with Crippen LogP contribution >= 0.6 is 22.7 Å². The van der Waals surface area contributed by atoms with Gasteiger partial charge in [-0.1, -0.05) is 48.5 Å². The maximum atomic E-state index is 13.0.